The predicted molar refractivity (Wildman–Crippen MR) is 151 cm³/mol. The van der Waals surface area contributed by atoms with E-state index < -0.39 is 23.2 Å². The number of aliphatic hydroxyl groups excluding tert-OH is 1. The molecule has 3 aromatic carbocycles. The summed E-state index contributed by atoms with van der Waals surface area (Å²) in [7, 11) is 1.52. The molecular weight excluding hydrogens is 543 g/mol. The van der Waals surface area contributed by atoms with Gasteiger partial charge in [-0.3, -0.25) is 13.7 Å². The molecule has 1 heterocycles. The third-order valence-corrected chi connectivity index (χ3v) is 7.84. The largest absolute Gasteiger partial charge is 0.455 e. The van der Waals surface area contributed by atoms with E-state index in [1.165, 1.54) is 41.7 Å². The van der Waals surface area contributed by atoms with Gasteiger partial charge in [0.2, 0.25) is 0 Å². The third-order valence-electron chi connectivity index (χ3n) is 6.81. The molecule has 7 nitrogen and oxygen atoms in total. The topological polar surface area (TPSA) is 103 Å². The highest BCUT2D eigenvalue weighted by atomic mass is 35.5. The summed E-state index contributed by atoms with van der Waals surface area (Å²) in [6.07, 6.45) is 2.25. The minimum Gasteiger partial charge on any atom is -0.455 e. The van der Waals surface area contributed by atoms with Gasteiger partial charge in [0.05, 0.1) is 23.9 Å². The highest BCUT2D eigenvalue weighted by Gasteiger charge is 2.32. The molecule has 3 N–H and O–H groups in total. The van der Waals surface area contributed by atoms with Crippen LogP contribution in [-0.4, -0.2) is 26.8 Å². The maximum Gasteiger partial charge on any atom is 0.262 e. The molecule has 202 valence electrons. The number of hydrogen-bond acceptors (Lipinski definition) is 4. The molecular formula is C29H26ClFN2O5S. The fraction of sp³-hybridized carbons (Fsp3) is 0.207. The summed E-state index contributed by atoms with van der Waals surface area (Å²) >= 11 is 3.97. The van der Waals surface area contributed by atoms with Crippen LogP contribution in [0.1, 0.15) is 51.9 Å². The number of aliphatic hydroxyl groups is 1. The van der Waals surface area contributed by atoms with E-state index in [0.29, 0.717) is 43.9 Å². The average Bonchev–Trinajstić information content (AvgIpc) is 3.71. The van der Waals surface area contributed by atoms with Crippen LogP contribution in [0.5, 0.6) is 0 Å². The molecule has 0 bridgehead atoms. The fourth-order valence-corrected chi connectivity index (χ4v) is 5.57. The van der Waals surface area contributed by atoms with Crippen molar-refractivity contribution in [1.29, 1.82) is 0 Å². The third kappa shape index (κ3) is 5.35. The molecule has 0 aliphatic heterocycles. The number of halogens is 2. The van der Waals surface area contributed by atoms with E-state index in [9.17, 15) is 23.1 Å². The lowest BCUT2D eigenvalue weighted by Crippen LogP contribution is -2.25. The first-order valence-corrected chi connectivity index (χ1v) is 13.7. The van der Waals surface area contributed by atoms with Crippen LogP contribution in [0.15, 0.2) is 71.7 Å². The first-order chi connectivity index (χ1) is 18.7. The Morgan fingerprint density at radius 2 is 1.97 bits per heavy atom. The standard InChI is InChI=1S/C29H26ClFN2O5S/c1-3-25(34)20-11-4-16(12-23(20)30)15-33(39(36)37)24-14-26-22(13-21(24)17-5-6-17)27(29(35)32-2)28(38-26)18-7-9-19(31)10-8-18/h3-4,7-14,17,25,34H,1,5-6,15H2,2H3,(H,32,35)(H,36,37). The zero-order valence-electron chi connectivity index (χ0n) is 21.0. The monoisotopic (exact) mass is 568 g/mol. The Bertz CT molecular complexity index is 1600. The summed E-state index contributed by atoms with van der Waals surface area (Å²) in [5.41, 5.74) is 3.66. The van der Waals surface area contributed by atoms with Crippen molar-refractivity contribution in [2.75, 3.05) is 11.4 Å². The number of nitrogens with one attached hydrogen (secondary N) is 1. The zero-order valence-corrected chi connectivity index (χ0v) is 22.6. The van der Waals surface area contributed by atoms with E-state index in [-0.39, 0.29) is 24.1 Å². The Labute approximate surface area is 232 Å². The van der Waals surface area contributed by atoms with Crippen molar-refractivity contribution in [1.82, 2.24) is 5.32 Å². The van der Waals surface area contributed by atoms with Crippen molar-refractivity contribution in [2.24, 2.45) is 0 Å². The first-order valence-electron chi connectivity index (χ1n) is 12.3. The molecule has 10 heteroatoms. The quantitative estimate of drug-likeness (QED) is 0.158. The Morgan fingerprint density at radius 1 is 1.26 bits per heavy atom. The van der Waals surface area contributed by atoms with E-state index in [1.807, 2.05) is 6.07 Å². The lowest BCUT2D eigenvalue weighted by molar-refractivity contribution is 0.0964. The van der Waals surface area contributed by atoms with Gasteiger partial charge < -0.3 is 14.8 Å². The molecule has 1 aliphatic rings. The van der Waals surface area contributed by atoms with Crippen LogP contribution in [0.2, 0.25) is 5.02 Å². The molecule has 1 fully saturated rings. The fourth-order valence-electron chi connectivity index (χ4n) is 4.67. The van der Waals surface area contributed by atoms with E-state index >= 15 is 0 Å². The van der Waals surface area contributed by atoms with Gasteiger partial charge in [-0.1, -0.05) is 29.8 Å². The van der Waals surface area contributed by atoms with Crippen LogP contribution in [-0.2, 0) is 17.8 Å². The van der Waals surface area contributed by atoms with E-state index in [0.717, 1.165) is 18.4 Å². The maximum atomic E-state index is 13.6. The van der Waals surface area contributed by atoms with Crippen LogP contribution < -0.4 is 9.62 Å². The molecule has 1 saturated carbocycles. The molecule has 2 atom stereocenters. The number of fused-ring (bicyclic) bond motifs is 1. The summed E-state index contributed by atoms with van der Waals surface area (Å²) in [5.74, 6) is -0.335. The number of hydrogen-bond donors (Lipinski definition) is 3. The summed E-state index contributed by atoms with van der Waals surface area (Å²) in [5, 5.41) is 13.6. The smallest absolute Gasteiger partial charge is 0.262 e. The van der Waals surface area contributed by atoms with Crippen LogP contribution in [0.4, 0.5) is 10.1 Å². The number of carbonyl (C=O) groups is 1. The second kappa shape index (κ2) is 10.9. The molecule has 0 spiro atoms. The van der Waals surface area contributed by atoms with Crippen molar-refractivity contribution in [3.63, 3.8) is 0 Å². The highest BCUT2D eigenvalue weighted by molar-refractivity contribution is 7.80. The molecule has 5 rings (SSSR count). The van der Waals surface area contributed by atoms with Crippen LogP contribution >= 0.6 is 11.6 Å². The van der Waals surface area contributed by atoms with Crippen LogP contribution in [0.3, 0.4) is 0 Å². The summed E-state index contributed by atoms with van der Waals surface area (Å²) in [6, 6.07) is 14.2. The van der Waals surface area contributed by atoms with Gasteiger partial charge in [-0.25, -0.2) is 8.60 Å². The molecule has 4 aromatic rings. The second-order valence-electron chi connectivity index (χ2n) is 9.38. The summed E-state index contributed by atoms with van der Waals surface area (Å²) < 4.78 is 44.1. The first kappa shape index (κ1) is 27.1. The number of benzene rings is 3. The van der Waals surface area contributed by atoms with Crippen molar-refractivity contribution >= 4 is 45.4 Å². The lowest BCUT2D eigenvalue weighted by Gasteiger charge is -2.23. The number of carbonyl (C=O) groups excluding carboxylic acids is 1. The summed E-state index contributed by atoms with van der Waals surface area (Å²) in [4.78, 5) is 13.0. The predicted octanol–water partition coefficient (Wildman–Crippen LogP) is 6.49. The molecule has 0 radical (unpaired) electrons. The van der Waals surface area contributed by atoms with E-state index in [2.05, 4.69) is 11.9 Å². The average molecular weight is 569 g/mol. The molecule has 0 saturated heterocycles. The van der Waals surface area contributed by atoms with Crippen molar-refractivity contribution < 1.29 is 27.5 Å². The lowest BCUT2D eigenvalue weighted by atomic mass is 10.00. The molecule has 1 aliphatic carbocycles. The molecule has 1 aromatic heterocycles. The normalized spacial score (nSPS) is 14.7. The van der Waals surface area contributed by atoms with Crippen LogP contribution in [0.25, 0.3) is 22.3 Å². The van der Waals surface area contributed by atoms with Crippen molar-refractivity contribution in [2.45, 2.75) is 31.4 Å². The van der Waals surface area contributed by atoms with Gasteiger partial charge in [-0.15, -0.1) is 6.58 Å². The van der Waals surface area contributed by atoms with Gasteiger partial charge in [-0.05, 0) is 66.3 Å². The van der Waals surface area contributed by atoms with Gasteiger partial charge in [0.1, 0.15) is 17.2 Å². The zero-order chi connectivity index (χ0) is 27.8. The second-order valence-corrected chi connectivity index (χ2v) is 10.7. The van der Waals surface area contributed by atoms with Crippen molar-refractivity contribution in [3.8, 4) is 11.3 Å². The Hall–Kier alpha value is -3.50. The minimum absolute atomic E-state index is 0.0480. The minimum atomic E-state index is -2.40. The molecule has 39 heavy (non-hydrogen) atoms. The van der Waals surface area contributed by atoms with Crippen LogP contribution in [0, 0.1) is 5.82 Å². The van der Waals surface area contributed by atoms with Gasteiger partial charge in [-0.2, -0.15) is 0 Å². The number of anilines is 1. The molecule has 2 unspecified atom stereocenters. The van der Waals surface area contributed by atoms with Gasteiger partial charge in [0.25, 0.3) is 17.2 Å². The SMILES string of the molecule is C=CC(O)c1ccc(CN(c2cc3oc(-c4ccc(F)cc4)c(C(=O)NC)c3cc2C2CC2)S(=O)O)cc1Cl. The molecule has 1 amide bonds. The number of nitrogens with zero attached hydrogens (tertiary/aromatic N) is 1. The van der Waals surface area contributed by atoms with Gasteiger partial charge in [0, 0.05) is 34.6 Å². The van der Waals surface area contributed by atoms with E-state index in [1.54, 1.807) is 24.3 Å². The summed E-state index contributed by atoms with van der Waals surface area (Å²) in [6.45, 7) is 3.62. The van der Waals surface area contributed by atoms with Gasteiger partial charge >= 0.3 is 0 Å². The number of rotatable bonds is 9. The Kier molecular flexibility index (Phi) is 7.59. The maximum absolute atomic E-state index is 13.6. The van der Waals surface area contributed by atoms with E-state index in [4.69, 9.17) is 16.0 Å². The Balaban J connectivity index is 1.64. The highest BCUT2D eigenvalue weighted by Crippen LogP contribution is 2.48. The number of furan rings is 1. The number of amides is 1. The van der Waals surface area contributed by atoms with Gasteiger partial charge in [0.15, 0.2) is 0 Å². The van der Waals surface area contributed by atoms with Crippen molar-refractivity contribution in [3.05, 3.63) is 100 Å². The Morgan fingerprint density at radius 3 is 2.56 bits per heavy atom.